The number of rotatable bonds is 4. The van der Waals surface area contributed by atoms with Gasteiger partial charge in [0.15, 0.2) is 11.5 Å². The smallest absolute Gasteiger partial charge is 0.227 e. The maximum atomic E-state index is 12.7. The number of hydrogen-bond acceptors (Lipinski definition) is 4. The van der Waals surface area contributed by atoms with Gasteiger partial charge in [-0.3, -0.25) is 9.69 Å². The van der Waals surface area contributed by atoms with Gasteiger partial charge < -0.3 is 14.8 Å². The molecular formula is C22H26N2O3. The average Bonchev–Trinajstić information content (AvgIpc) is 2.70. The number of ether oxygens (including phenoxy) is 2. The molecule has 1 fully saturated rings. The zero-order chi connectivity index (χ0) is 18.6. The van der Waals surface area contributed by atoms with Crippen LogP contribution in [0.2, 0.25) is 0 Å². The summed E-state index contributed by atoms with van der Waals surface area (Å²) in [6.07, 6.45) is 1.78. The number of benzene rings is 2. The molecule has 0 aromatic heterocycles. The minimum Gasteiger partial charge on any atom is -0.486 e. The van der Waals surface area contributed by atoms with E-state index in [2.05, 4.69) is 41.4 Å². The number of carbonyl (C=O) groups excluding carboxylic acids is 1. The van der Waals surface area contributed by atoms with Crippen LogP contribution in [0, 0.1) is 12.8 Å². The molecule has 142 valence electrons. The number of fused-ring (bicyclic) bond motifs is 1. The van der Waals surface area contributed by atoms with E-state index in [1.165, 1.54) is 11.1 Å². The standard InChI is InChI=1S/C22H26N2O3/c1-16-4-2-3-5-18(16)15-24-10-8-17(9-11-24)22(25)23-19-6-7-20-21(14-19)27-13-12-26-20/h2-7,14,17H,8-13,15H2,1H3,(H,23,25). The van der Waals surface area contributed by atoms with Crippen molar-refractivity contribution in [1.29, 1.82) is 0 Å². The Balaban J connectivity index is 1.30. The molecular weight excluding hydrogens is 340 g/mol. The van der Waals surface area contributed by atoms with Crippen LogP contribution in [-0.2, 0) is 11.3 Å². The molecule has 0 atom stereocenters. The van der Waals surface area contributed by atoms with E-state index < -0.39 is 0 Å². The van der Waals surface area contributed by atoms with Crippen LogP contribution in [0.3, 0.4) is 0 Å². The number of nitrogens with one attached hydrogen (secondary N) is 1. The maximum absolute atomic E-state index is 12.7. The molecule has 0 saturated carbocycles. The van der Waals surface area contributed by atoms with Gasteiger partial charge in [0.2, 0.25) is 5.91 Å². The van der Waals surface area contributed by atoms with Crippen LogP contribution in [0.15, 0.2) is 42.5 Å². The SMILES string of the molecule is Cc1ccccc1CN1CCC(C(=O)Nc2ccc3c(c2)OCCO3)CC1. The summed E-state index contributed by atoms with van der Waals surface area (Å²) in [5.74, 6) is 1.60. The van der Waals surface area contributed by atoms with Crippen molar-refractivity contribution >= 4 is 11.6 Å². The van der Waals surface area contributed by atoms with Crippen LogP contribution < -0.4 is 14.8 Å². The molecule has 2 aliphatic rings. The quantitative estimate of drug-likeness (QED) is 0.898. The van der Waals surface area contributed by atoms with Crippen molar-refractivity contribution in [2.75, 3.05) is 31.6 Å². The van der Waals surface area contributed by atoms with Crippen molar-refractivity contribution in [2.45, 2.75) is 26.3 Å². The van der Waals surface area contributed by atoms with Gasteiger partial charge in [-0.15, -0.1) is 0 Å². The Hall–Kier alpha value is -2.53. The van der Waals surface area contributed by atoms with E-state index in [9.17, 15) is 4.79 Å². The van der Waals surface area contributed by atoms with E-state index in [1.54, 1.807) is 0 Å². The third-order valence-electron chi connectivity index (χ3n) is 5.42. The fraction of sp³-hybridized carbons (Fsp3) is 0.409. The number of anilines is 1. The minimum absolute atomic E-state index is 0.0614. The molecule has 27 heavy (non-hydrogen) atoms. The van der Waals surface area contributed by atoms with Gasteiger partial charge in [0.1, 0.15) is 13.2 Å². The van der Waals surface area contributed by atoms with E-state index in [1.807, 2.05) is 18.2 Å². The molecule has 1 N–H and O–H groups in total. The molecule has 2 aromatic rings. The predicted molar refractivity (Wildman–Crippen MR) is 105 cm³/mol. The Morgan fingerprint density at radius 1 is 1.07 bits per heavy atom. The molecule has 0 spiro atoms. The first-order valence-corrected chi connectivity index (χ1v) is 9.66. The van der Waals surface area contributed by atoms with Gasteiger partial charge in [-0.2, -0.15) is 0 Å². The predicted octanol–water partition coefficient (Wildman–Crippen LogP) is 3.62. The molecule has 2 aromatic carbocycles. The van der Waals surface area contributed by atoms with Crippen molar-refractivity contribution in [3.63, 3.8) is 0 Å². The third kappa shape index (κ3) is 4.25. The topological polar surface area (TPSA) is 50.8 Å². The molecule has 2 aliphatic heterocycles. The van der Waals surface area contributed by atoms with E-state index in [0.717, 1.165) is 43.9 Å². The molecule has 0 bridgehead atoms. The van der Waals surface area contributed by atoms with Crippen molar-refractivity contribution in [2.24, 2.45) is 5.92 Å². The first-order chi connectivity index (χ1) is 13.2. The van der Waals surface area contributed by atoms with Crippen molar-refractivity contribution in [1.82, 2.24) is 4.90 Å². The Kier molecular flexibility index (Phi) is 5.30. The van der Waals surface area contributed by atoms with Crippen molar-refractivity contribution in [3.8, 4) is 11.5 Å². The molecule has 5 nitrogen and oxygen atoms in total. The molecule has 5 heteroatoms. The second-order valence-electron chi connectivity index (χ2n) is 7.32. The van der Waals surface area contributed by atoms with Crippen molar-refractivity contribution < 1.29 is 14.3 Å². The Bertz CT molecular complexity index is 813. The largest absolute Gasteiger partial charge is 0.486 e. The maximum Gasteiger partial charge on any atom is 0.227 e. The molecule has 0 radical (unpaired) electrons. The van der Waals surface area contributed by atoms with Crippen molar-refractivity contribution in [3.05, 3.63) is 53.6 Å². The van der Waals surface area contributed by atoms with E-state index in [-0.39, 0.29) is 11.8 Å². The second kappa shape index (κ2) is 8.01. The van der Waals surface area contributed by atoms with Gasteiger partial charge in [0.05, 0.1) is 0 Å². The van der Waals surface area contributed by atoms with Gasteiger partial charge in [-0.25, -0.2) is 0 Å². The van der Waals surface area contributed by atoms with Crippen LogP contribution in [0.4, 0.5) is 5.69 Å². The Morgan fingerprint density at radius 3 is 2.59 bits per heavy atom. The summed E-state index contributed by atoms with van der Waals surface area (Å²) in [6.45, 7) is 6.14. The van der Waals surface area contributed by atoms with E-state index in [4.69, 9.17) is 9.47 Å². The summed E-state index contributed by atoms with van der Waals surface area (Å²) < 4.78 is 11.1. The van der Waals surface area contributed by atoms with Crippen LogP contribution in [0.1, 0.15) is 24.0 Å². The normalized spacial score (nSPS) is 17.5. The minimum atomic E-state index is 0.0614. The Labute approximate surface area is 160 Å². The zero-order valence-electron chi connectivity index (χ0n) is 15.7. The summed E-state index contributed by atoms with van der Waals surface area (Å²) in [4.78, 5) is 15.1. The highest BCUT2D eigenvalue weighted by Gasteiger charge is 2.25. The molecule has 1 saturated heterocycles. The lowest BCUT2D eigenvalue weighted by molar-refractivity contribution is -0.121. The molecule has 1 amide bonds. The number of piperidine rings is 1. The lowest BCUT2D eigenvalue weighted by atomic mass is 9.95. The summed E-state index contributed by atoms with van der Waals surface area (Å²) in [5.41, 5.74) is 3.47. The van der Waals surface area contributed by atoms with Gasteiger partial charge >= 0.3 is 0 Å². The number of amides is 1. The third-order valence-corrected chi connectivity index (χ3v) is 5.42. The van der Waals surface area contributed by atoms with Gasteiger partial charge in [-0.05, 0) is 56.1 Å². The number of carbonyl (C=O) groups is 1. The van der Waals surface area contributed by atoms with Crippen LogP contribution in [0.25, 0.3) is 0 Å². The van der Waals surface area contributed by atoms with E-state index >= 15 is 0 Å². The van der Waals surface area contributed by atoms with Crippen LogP contribution >= 0.6 is 0 Å². The van der Waals surface area contributed by atoms with Gasteiger partial charge in [0.25, 0.3) is 0 Å². The van der Waals surface area contributed by atoms with Gasteiger partial charge in [-0.1, -0.05) is 24.3 Å². The fourth-order valence-electron chi connectivity index (χ4n) is 3.75. The lowest BCUT2D eigenvalue weighted by Gasteiger charge is -2.31. The number of nitrogens with zero attached hydrogens (tertiary/aromatic N) is 1. The van der Waals surface area contributed by atoms with Gasteiger partial charge in [0, 0.05) is 24.2 Å². The average molecular weight is 366 g/mol. The highest BCUT2D eigenvalue weighted by atomic mass is 16.6. The zero-order valence-corrected chi connectivity index (χ0v) is 15.7. The number of hydrogen-bond donors (Lipinski definition) is 1. The summed E-state index contributed by atoms with van der Waals surface area (Å²) in [5, 5.41) is 3.04. The van der Waals surface area contributed by atoms with Crippen LogP contribution in [-0.4, -0.2) is 37.1 Å². The molecule has 4 rings (SSSR count). The second-order valence-corrected chi connectivity index (χ2v) is 7.32. The number of likely N-dealkylation sites (tertiary alicyclic amines) is 1. The highest BCUT2D eigenvalue weighted by Crippen LogP contribution is 2.33. The van der Waals surface area contributed by atoms with Crippen LogP contribution in [0.5, 0.6) is 11.5 Å². The summed E-state index contributed by atoms with van der Waals surface area (Å²) in [7, 11) is 0. The monoisotopic (exact) mass is 366 g/mol. The lowest BCUT2D eigenvalue weighted by Crippen LogP contribution is -2.37. The molecule has 0 unspecified atom stereocenters. The molecule has 0 aliphatic carbocycles. The highest BCUT2D eigenvalue weighted by molar-refractivity contribution is 5.93. The Morgan fingerprint density at radius 2 is 1.81 bits per heavy atom. The first-order valence-electron chi connectivity index (χ1n) is 9.66. The summed E-state index contributed by atoms with van der Waals surface area (Å²) >= 11 is 0. The number of aryl methyl sites for hydroxylation is 1. The first kappa shape index (κ1) is 17.9. The molecule has 2 heterocycles. The fourth-order valence-corrected chi connectivity index (χ4v) is 3.75. The van der Waals surface area contributed by atoms with E-state index in [0.29, 0.717) is 19.0 Å². The summed E-state index contributed by atoms with van der Waals surface area (Å²) in [6, 6.07) is 14.1.